The van der Waals surface area contributed by atoms with Crippen molar-refractivity contribution in [2.45, 2.75) is 24.6 Å². The van der Waals surface area contributed by atoms with Crippen molar-refractivity contribution in [3.63, 3.8) is 0 Å². The average Bonchev–Trinajstić information content (AvgIpc) is 2.32. The minimum atomic E-state index is -3.87. The van der Waals surface area contributed by atoms with Crippen LogP contribution < -0.4 is 0 Å². The van der Waals surface area contributed by atoms with Crippen LogP contribution in [0.3, 0.4) is 0 Å². The van der Waals surface area contributed by atoms with Crippen molar-refractivity contribution >= 4 is 33.2 Å². The normalized spacial score (nSPS) is 12.1. The van der Waals surface area contributed by atoms with E-state index < -0.39 is 20.7 Å². The number of hydrogen-bond acceptors (Lipinski definition) is 2. The van der Waals surface area contributed by atoms with Gasteiger partial charge in [-0.25, -0.2) is 12.8 Å². The number of benzene rings is 1. The summed E-state index contributed by atoms with van der Waals surface area (Å²) in [5.41, 5.74) is 0.0786. The molecule has 0 bridgehead atoms. The largest absolute Gasteiger partial charge is 0.246 e. The van der Waals surface area contributed by atoms with Crippen LogP contribution in [0.25, 0.3) is 0 Å². The molecule has 0 spiro atoms. The fourth-order valence-electron chi connectivity index (χ4n) is 1.61. The summed E-state index contributed by atoms with van der Waals surface area (Å²) < 4.78 is 39.6. The molecule has 7 heteroatoms. The predicted octanol–water partition coefficient (Wildman–Crippen LogP) is 3.25. The molecule has 0 atom stereocenters. The van der Waals surface area contributed by atoms with Crippen LogP contribution in [0.1, 0.15) is 19.4 Å². The van der Waals surface area contributed by atoms with Gasteiger partial charge in [-0.2, -0.15) is 4.31 Å². The smallest absolute Gasteiger partial charge is 0.207 e. The lowest BCUT2D eigenvalue weighted by Crippen LogP contribution is -2.31. The Morgan fingerprint density at radius 1 is 1.28 bits per heavy atom. The minimum absolute atomic E-state index is 0.0786. The van der Waals surface area contributed by atoms with Gasteiger partial charge in [-0.1, -0.05) is 25.4 Å². The summed E-state index contributed by atoms with van der Waals surface area (Å²) in [6.07, 6.45) is 0. The fourth-order valence-corrected chi connectivity index (χ4v) is 3.70. The molecule has 0 fully saturated rings. The molecule has 0 heterocycles. The predicted molar refractivity (Wildman–Crippen MR) is 71.1 cm³/mol. The molecule has 0 radical (unpaired) electrons. The quantitative estimate of drug-likeness (QED) is 0.782. The molecule has 0 saturated carbocycles. The van der Waals surface area contributed by atoms with E-state index in [1.165, 1.54) is 10.4 Å². The van der Waals surface area contributed by atoms with Crippen LogP contribution in [0.4, 0.5) is 4.39 Å². The summed E-state index contributed by atoms with van der Waals surface area (Å²) in [6.45, 7) is 3.90. The molecule has 1 rings (SSSR count). The van der Waals surface area contributed by atoms with E-state index in [1.807, 2.05) is 0 Å². The van der Waals surface area contributed by atoms with Crippen molar-refractivity contribution in [1.29, 1.82) is 0 Å². The van der Waals surface area contributed by atoms with Crippen LogP contribution in [-0.2, 0) is 15.9 Å². The number of sulfonamides is 1. The molecular weight excluding hydrogens is 300 g/mol. The monoisotopic (exact) mass is 313 g/mol. The Kier molecular flexibility index (Phi) is 5.40. The first-order valence-electron chi connectivity index (χ1n) is 5.42. The first-order chi connectivity index (χ1) is 8.38. The maximum absolute atomic E-state index is 14.0. The maximum Gasteiger partial charge on any atom is 0.246 e. The van der Waals surface area contributed by atoms with E-state index in [2.05, 4.69) is 0 Å². The third-order valence-corrected chi connectivity index (χ3v) is 5.10. The molecule has 0 unspecified atom stereocenters. The summed E-state index contributed by atoms with van der Waals surface area (Å²) in [5, 5.41) is 0.151. The maximum atomic E-state index is 14.0. The van der Waals surface area contributed by atoms with Crippen LogP contribution in [0.15, 0.2) is 17.0 Å². The minimum Gasteiger partial charge on any atom is -0.207 e. The van der Waals surface area contributed by atoms with Crippen LogP contribution in [0.5, 0.6) is 0 Å². The van der Waals surface area contributed by atoms with Crippen molar-refractivity contribution in [2.24, 2.45) is 0 Å². The fraction of sp³-hybridized carbons (Fsp3) is 0.455. The van der Waals surface area contributed by atoms with Gasteiger partial charge in [0.2, 0.25) is 10.0 Å². The van der Waals surface area contributed by atoms with Crippen molar-refractivity contribution in [3.05, 3.63) is 28.5 Å². The molecule has 0 aliphatic rings. The molecule has 0 aliphatic carbocycles. The van der Waals surface area contributed by atoms with Crippen LogP contribution in [0.2, 0.25) is 5.02 Å². The lowest BCUT2D eigenvalue weighted by atomic mass is 10.2. The Balaban J connectivity index is 3.45. The van der Waals surface area contributed by atoms with Crippen molar-refractivity contribution < 1.29 is 12.8 Å². The zero-order valence-corrected chi connectivity index (χ0v) is 12.4. The third-order valence-electron chi connectivity index (χ3n) is 2.55. The van der Waals surface area contributed by atoms with Gasteiger partial charge in [-0.15, -0.1) is 11.6 Å². The Labute approximate surface area is 117 Å². The lowest BCUT2D eigenvalue weighted by molar-refractivity contribution is 0.439. The van der Waals surface area contributed by atoms with Gasteiger partial charge < -0.3 is 0 Å². The lowest BCUT2D eigenvalue weighted by Gasteiger charge is -2.19. The molecule has 3 nitrogen and oxygen atoms in total. The number of hydrogen-bond donors (Lipinski definition) is 0. The average molecular weight is 314 g/mol. The van der Waals surface area contributed by atoms with Crippen LogP contribution in [-0.4, -0.2) is 25.8 Å². The third kappa shape index (κ3) is 2.96. The first kappa shape index (κ1) is 15.7. The van der Waals surface area contributed by atoms with E-state index >= 15 is 0 Å². The molecule has 0 N–H and O–H groups in total. The number of alkyl halides is 1. The second kappa shape index (κ2) is 6.19. The van der Waals surface area contributed by atoms with Gasteiger partial charge in [-0.3, -0.25) is 0 Å². The van der Waals surface area contributed by atoms with E-state index in [0.717, 1.165) is 6.07 Å². The first-order valence-corrected chi connectivity index (χ1v) is 7.77. The standard InChI is InChI=1S/C11H14Cl2FNO2S/c1-3-15(4-2)18(16,17)10-6-9(13)5-8(7-12)11(10)14/h5-6H,3-4,7H2,1-2H3. The molecule has 102 valence electrons. The van der Waals surface area contributed by atoms with Crippen LogP contribution >= 0.6 is 23.2 Å². The summed E-state index contributed by atoms with van der Waals surface area (Å²) >= 11 is 11.4. The Morgan fingerprint density at radius 3 is 2.28 bits per heavy atom. The molecule has 1 aromatic rings. The highest BCUT2D eigenvalue weighted by Gasteiger charge is 2.27. The van der Waals surface area contributed by atoms with Gasteiger partial charge in [0.25, 0.3) is 0 Å². The highest BCUT2D eigenvalue weighted by molar-refractivity contribution is 7.89. The van der Waals surface area contributed by atoms with Gasteiger partial charge in [0.05, 0.1) is 5.88 Å². The van der Waals surface area contributed by atoms with Crippen molar-refractivity contribution in [2.75, 3.05) is 13.1 Å². The second-order valence-corrected chi connectivity index (χ2v) is 6.21. The highest BCUT2D eigenvalue weighted by Crippen LogP contribution is 2.27. The zero-order valence-electron chi connectivity index (χ0n) is 10.1. The van der Waals surface area contributed by atoms with Gasteiger partial charge in [0.15, 0.2) is 0 Å². The molecule has 18 heavy (non-hydrogen) atoms. The summed E-state index contributed by atoms with van der Waals surface area (Å²) in [7, 11) is -3.87. The topological polar surface area (TPSA) is 37.4 Å². The van der Waals surface area contributed by atoms with Gasteiger partial charge in [0, 0.05) is 23.7 Å². The molecule has 1 aromatic carbocycles. The van der Waals surface area contributed by atoms with Gasteiger partial charge in [0.1, 0.15) is 10.7 Å². The van der Waals surface area contributed by atoms with Gasteiger partial charge in [-0.05, 0) is 12.1 Å². The molecule has 0 aliphatic heterocycles. The summed E-state index contributed by atoms with van der Waals surface area (Å²) in [6, 6.07) is 2.44. The second-order valence-electron chi connectivity index (χ2n) is 3.60. The molecule has 0 aromatic heterocycles. The van der Waals surface area contributed by atoms with Crippen molar-refractivity contribution in [1.82, 2.24) is 4.31 Å². The molecule has 0 saturated heterocycles. The SMILES string of the molecule is CCN(CC)S(=O)(=O)c1cc(Cl)cc(CCl)c1F. The van der Waals surface area contributed by atoms with E-state index in [1.54, 1.807) is 13.8 Å². The Morgan fingerprint density at radius 2 is 1.83 bits per heavy atom. The number of halogens is 3. The number of nitrogens with zero attached hydrogens (tertiary/aromatic N) is 1. The van der Waals surface area contributed by atoms with Crippen molar-refractivity contribution in [3.8, 4) is 0 Å². The van der Waals surface area contributed by atoms with Crippen LogP contribution in [0, 0.1) is 5.82 Å². The Hall–Kier alpha value is -0.360. The summed E-state index contributed by atoms with van der Waals surface area (Å²) in [5.74, 6) is -0.964. The van der Waals surface area contributed by atoms with E-state index in [4.69, 9.17) is 23.2 Å². The number of rotatable bonds is 5. The van der Waals surface area contributed by atoms with Gasteiger partial charge >= 0.3 is 0 Å². The van der Waals surface area contributed by atoms with E-state index in [0.29, 0.717) is 0 Å². The zero-order chi connectivity index (χ0) is 13.9. The van der Waals surface area contributed by atoms with E-state index in [-0.39, 0.29) is 29.6 Å². The highest BCUT2D eigenvalue weighted by atomic mass is 35.5. The van der Waals surface area contributed by atoms with E-state index in [9.17, 15) is 12.8 Å². The summed E-state index contributed by atoms with van der Waals surface area (Å²) in [4.78, 5) is -0.422. The molecule has 0 amide bonds. The molecular formula is C11H14Cl2FNO2S. The Bertz CT molecular complexity index is 530.